The Labute approximate surface area is 121 Å². The van der Waals surface area contributed by atoms with Gasteiger partial charge in [0, 0.05) is 21.7 Å². The fraction of sp³-hybridized carbons (Fsp3) is 0.467. The summed E-state index contributed by atoms with van der Waals surface area (Å²) < 4.78 is 0. The molecule has 106 valence electrons. The van der Waals surface area contributed by atoms with E-state index in [0.717, 1.165) is 40.5 Å². The number of aliphatic carboxylic acids is 1. The highest BCUT2D eigenvalue weighted by atomic mass is 32.1. The monoisotopic (exact) mass is 291 g/mol. The van der Waals surface area contributed by atoms with E-state index in [9.17, 15) is 9.59 Å². The summed E-state index contributed by atoms with van der Waals surface area (Å²) in [5, 5.41) is 11.6. The van der Waals surface area contributed by atoms with Crippen LogP contribution in [0.2, 0.25) is 0 Å². The van der Waals surface area contributed by atoms with E-state index in [1.165, 1.54) is 17.8 Å². The lowest BCUT2D eigenvalue weighted by atomic mass is 10.0. The Morgan fingerprint density at radius 1 is 1.30 bits per heavy atom. The van der Waals surface area contributed by atoms with Crippen LogP contribution in [0.5, 0.6) is 0 Å². The summed E-state index contributed by atoms with van der Waals surface area (Å²) >= 11 is 1.50. The second-order valence-electron chi connectivity index (χ2n) is 5.62. The minimum absolute atomic E-state index is 0.174. The van der Waals surface area contributed by atoms with Gasteiger partial charge in [-0.2, -0.15) is 0 Å². The van der Waals surface area contributed by atoms with Crippen molar-refractivity contribution >= 4 is 29.3 Å². The third-order valence-electron chi connectivity index (χ3n) is 4.12. The van der Waals surface area contributed by atoms with Gasteiger partial charge >= 0.3 is 5.97 Å². The highest BCUT2D eigenvalue weighted by Crippen LogP contribution is 2.54. The predicted molar refractivity (Wildman–Crippen MR) is 77.2 cm³/mol. The summed E-state index contributed by atoms with van der Waals surface area (Å²) in [7, 11) is 0. The third kappa shape index (κ3) is 3.10. The number of fused-ring (bicyclic) bond motifs is 1. The number of carboxylic acids is 1. The molecule has 2 fully saturated rings. The van der Waals surface area contributed by atoms with E-state index in [0.29, 0.717) is 6.54 Å². The van der Waals surface area contributed by atoms with Crippen LogP contribution in [0, 0.1) is 17.8 Å². The van der Waals surface area contributed by atoms with E-state index >= 15 is 0 Å². The van der Waals surface area contributed by atoms with Crippen LogP contribution in [0.25, 0.3) is 6.08 Å². The van der Waals surface area contributed by atoms with Gasteiger partial charge < -0.3 is 10.4 Å². The fourth-order valence-electron chi connectivity index (χ4n) is 2.98. The molecule has 2 saturated carbocycles. The molecule has 2 unspecified atom stereocenters. The van der Waals surface area contributed by atoms with E-state index < -0.39 is 5.97 Å². The molecule has 1 aromatic heterocycles. The minimum Gasteiger partial charge on any atom is -0.478 e. The molecule has 2 N–H and O–H groups in total. The first kappa shape index (κ1) is 13.4. The van der Waals surface area contributed by atoms with E-state index in [-0.39, 0.29) is 11.8 Å². The lowest BCUT2D eigenvalue weighted by Gasteiger charge is -2.11. The fourth-order valence-corrected chi connectivity index (χ4v) is 3.84. The average Bonchev–Trinajstić information content (AvgIpc) is 2.87. The standard InChI is InChI=1S/C15H17NO3S/c17-14(18)4-3-12-1-2-13(20-12)8-16-15(19)11-6-9-5-10(9)7-11/h1-4,9-11H,5-8H2,(H,16,19)(H,17,18)/b4-3+. The molecule has 3 rings (SSSR count). The van der Waals surface area contributed by atoms with Crippen LogP contribution in [-0.2, 0) is 16.1 Å². The van der Waals surface area contributed by atoms with Gasteiger partial charge in [0.2, 0.25) is 5.91 Å². The van der Waals surface area contributed by atoms with Gasteiger partial charge in [0.1, 0.15) is 0 Å². The van der Waals surface area contributed by atoms with Crippen LogP contribution in [0.15, 0.2) is 18.2 Å². The number of thiophene rings is 1. The van der Waals surface area contributed by atoms with Crippen molar-refractivity contribution in [1.82, 2.24) is 5.32 Å². The Kier molecular flexibility index (Phi) is 3.61. The third-order valence-corrected chi connectivity index (χ3v) is 5.17. The van der Waals surface area contributed by atoms with E-state index in [1.807, 2.05) is 12.1 Å². The Morgan fingerprint density at radius 3 is 2.75 bits per heavy atom. The molecule has 1 aromatic rings. The Bertz CT molecular complexity index is 553. The molecule has 0 saturated heterocycles. The molecule has 0 bridgehead atoms. The zero-order valence-electron chi connectivity index (χ0n) is 11.0. The number of carbonyl (C=O) groups excluding carboxylic acids is 1. The van der Waals surface area contributed by atoms with E-state index in [4.69, 9.17) is 5.11 Å². The van der Waals surface area contributed by atoms with Gasteiger partial charge in [0.15, 0.2) is 0 Å². The van der Waals surface area contributed by atoms with Crippen molar-refractivity contribution < 1.29 is 14.7 Å². The van der Waals surface area contributed by atoms with Crippen LogP contribution < -0.4 is 5.32 Å². The molecule has 1 amide bonds. The first-order valence-electron chi connectivity index (χ1n) is 6.89. The summed E-state index contributed by atoms with van der Waals surface area (Å²) in [5.74, 6) is 1.08. The summed E-state index contributed by atoms with van der Waals surface area (Å²) in [6.07, 6.45) is 6.15. The Hall–Kier alpha value is -1.62. The first-order valence-corrected chi connectivity index (χ1v) is 7.71. The number of hydrogen-bond donors (Lipinski definition) is 2. The lowest BCUT2D eigenvalue weighted by molar-refractivity contribution is -0.131. The molecule has 0 aromatic carbocycles. The lowest BCUT2D eigenvalue weighted by Crippen LogP contribution is -2.29. The number of rotatable bonds is 5. The highest BCUT2D eigenvalue weighted by Gasteiger charge is 2.47. The highest BCUT2D eigenvalue weighted by molar-refractivity contribution is 7.12. The number of carboxylic acid groups (broad SMARTS) is 1. The summed E-state index contributed by atoms with van der Waals surface area (Å²) in [6.45, 7) is 0.538. The number of amides is 1. The molecular formula is C15H17NO3S. The molecule has 2 aliphatic rings. The topological polar surface area (TPSA) is 66.4 Å². The molecule has 0 radical (unpaired) electrons. The van der Waals surface area contributed by atoms with Crippen LogP contribution in [0.4, 0.5) is 0 Å². The van der Waals surface area contributed by atoms with Crippen molar-refractivity contribution in [3.05, 3.63) is 28.0 Å². The predicted octanol–water partition coefficient (Wildman–Crippen LogP) is 2.51. The second kappa shape index (κ2) is 5.40. The van der Waals surface area contributed by atoms with Crippen LogP contribution in [0.1, 0.15) is 29.0 Å². The molecule has 0 spiro atoms. The maximum Gasteiger partial charge on any atom is 0.328 e. The van der Waals surface area contributed by atoms with E-state index in [2.05, 4.69) is 5.32 Å². The quantitative estimate of drug-likeness (QED) is 0.819. The van der Waals surface area contributed by atoms with Gasteiger partial charge in [-0.3, -0.25) is 4.79 Å². The Balaban J connectivity index is 1.48. The van der Waals surface area contributed by atoms with Crippen molar-refractivity contribution in [1.29, 1.82) is 0 Å². The van der Waals surface area contributed by atoms with Crippen LogP contribution >= 0.6 is 11.3 Å². The van der Waals surface area contributed by atoms with Gasteiger partial charge in [-0.05, 0) is 49.3 Å². The van der Waals surface area contributed by atoms with Crippen LogP contribution in [-0.4, -0.2) is 17.0 Å². The molecular weight excluding hydrogens is 274 g/mol. The molecule has 2 aliphatic carbocycles. The number of carbonyl (C=O) groups is 2. The van der Waals surface area contributed by atoms with Crippen molar-refractivity contribution in [2.24, 2.45) is 17.8 Å². The summed E-state index contributed by atoms with van der Waals surface area (Å²) in [6, 6.07) is 3.80. The number of hydrogen-bond acceptors (Lipinski definition) is 3. The van der Waals surface area contributed by atoms with Crippen molar-refractivity contribution in [2.45, 2.75) is 25.8 Å². The maximum atomic E-state index is 12.0. The average molecular weight is 291 g/mol. The summed E-state index contributed by atoms with van der Waals surface area (Å²) in [5.41, 5.74) is 0. The second-order valence-corrected chi connectivity index (χ2v) is 6.82. The van der Waals surface area contributed by atoms with Gasteiger partial charge in [-0.1, -0.05) is 0 Å². The SMILES string of the molecule is O=C(O)/C=C/c1ccc(CNC(=O)C2CC3CC3C2)s1. The molecule has 0 aliphatic heterocycles. The van der Waals surface area contributed by atoms with Gasteiger partial charge in [0.05, 0.1) is 6.54 Å². The van der Waals surface area contributed by atoms with Crippen molar-refractivity contribution in [3.8, 4) is 0 Å². The molecule has 1 heterocycles. The summed E-state index contributed by atoms with van der Waals surface area (Å²) in [4.78, 5) is 24.4. The van der Waals surface area contributed by atoms with Gasteiger partial charge in [-0.15, -0.1) is 11.3 Å². The largest absolute Gasteiger partial charge is 0.478 e. The van der Waals surface area contributed by atoms with Crippen molar-refractivity contribution in [2.75, 3.05) is 0 Å². The van der Waals surface area contributed by atoms with Crippen LogP contribution in [0.3, 0.4) is 0 Å². The molecule has 20 heavy (non-hydrogen) atoms. The molecule has 5 heteroatoms. The smallest absolute Gasteiger partial charge is 0.328 e. The number of nitrogens with one attached hydrogen (secondary N) is 1. The minimum atomic E-state index is -0.951. The normalized spacial score (nSPS) is 27.5. The zero-order chi connectivity index (χ0) is 14.1. The van der Waals surface area contributed by atoms with Crippen molar-refractivity contribution in [3.63, 3.8) is 0 Å². The Morgan fingerprint density at radius 2 is 2.05 bits per heavy atom. The van der Waals surface area contributed by atoms with Gasteiger partial charge in [-0.25, -0.2) is 4.79 Å². The first-order chi connectivity index (χ1) is 9.61. The maximum absolute atomic E-state index is 12.0. The molecule has 4 nitrogen and oxygen atoms in total. The van der Waals surface area contributed by atoms with Gasteiger partial charge in [0.25, 0.3) is 0 Å². The van der Waals surface area contributed by atoms with E-state index in [1.54, 1.807) is 6.08 Å². The molecule has 2 atom stereocenters. The zero-order valence-corrected chi connectivity index (χ0v) is 11.9.